The topological polar surface area (TPSA) is 30.5 Å². The van der Waals surface area contributed by atoms with Crippen molar-refractivity contribution in [2.24, 2.45) is 0 Å². The molecular weight excluding hydrogens is 294 g/mol. The Morgan fingerprint density at radius 1 is 1.33 bits per heavy atom. The predicted octanol–water partition coefficient (Wildman–Crippen LogP) is 3.53. The molecule has 0 radical (unpaired) electrons. The monoisotopic (exact) mass is 315 g/mol. The summed E-state index contributed by atoms with van der Waals surface area (Å²) in [5.41, 5.74) is 1.18. The molecule has 0 spiro atoms. The van der Waals surface area contributed by atoms with Crippen molar-refractivity contribution in [3.05, 3.63) is 28.2 Å². The van der Waals surface area contributed by atoms with Crippen molar-refractivity contribution < 1.29 is 9.47 Å². The van der Waals surface area contributed by atoms with Gasteiger partial charge in [0.05, 0.1) is 6.61 Å². The average molecular weight is 316 g/mol. The Hall–Kier alpha value is -0.580. The van der Waals surface area contributed by atoms with E-state index in [0.29, 0.717) is 13.2 Å². The summed E-state index contributed by atoms with van der Waals surface area (Å²) in [5.74, 6) is 0.914. The Balaban J connectivity index is 2.74. The van der Waals surface area contributed by atoms with Gasteiger partial charge in [-0.25, -0.2) is 0 Å². The van der Waals surface area contributed by atoms with E-state index in [2.05, 4.69) is 41.2 Å². The second-order valence-electron chi connectivity index (χ2n) is 4.20. The molecule has 0 heterocycles. The van der Waals surface area contributed by atoms with Crippen LogP contribution in [0.3, 0.4) is 0 Å². The highest BCUT2D eigenvalue weighted by Gasteiger charge is 2.11. The van der Waals surface area contributed by atoms with Crippen molar-refractivity contribution in [1.82, 2.24) is 5.32 Å². The van der Waals surface area contributed by atoms with Crippen LogP contribution in [0.5, 0.6) is 5.75 Å². The molecular formula is C14H22BrNO2. The van der Waals surface area contributed by atoms with Crippen molar-refractivity contribution in [3.8, 4) is 5.75 Å². The van der Waals surface area contributed by atoms with Gasteiger partial charge in [-0.3, -0.25) is 0 Å². The third-order valence-electron chi connectivity index (χ3n) is 2.69. The molecule has 18 heavy (non-hydrogen) atoms. The Morgan fingerprint density at radius 2 is 2.11 bits per heavy atom. The van der Waals surface area contributed by atoms with Crippen LogP contribution >= 0.6 is 15.9 Å². The summed E-state index contributed by atoms with van der Waals surface area (Å²) in [6.45, 7) is 6.50. The fourth-order valence-corrected chi connectivity index (χ4v) is 2.04. The maximum atomic E-state index is 5.76. The first kappa shape index (κ1) is 15.5. The summed E-state index contributed by atoms with van der Waals surface area (Å²) >= 11 is 3.48. The van der Waals surface area contributed by atoms with Crippen LogP contribution in [0.25, 0.3) is 0 Å². The molecule has 1 rings (SSSR count). The molecule has 4 heteroatoms. The molecule has 102 valence electrons. The Kier molecular flexibility index (Phi) is 7.32. The standard InChI is InChI=1S/C14H22BrNO2/c1-4-7-16-11(2)13-6-5-12(15)10-14(13)18-9-8-17-3/h5-6,10-11,16H,4,7-9H2,1-3H3. The van der Waals surface area contributed by atoms with Crippen LogP contribution in [0.2, 0.25) is 0 Å². The van der Waals surface area contributed by atoms with Gasteiger partial charge in [0.15, 0.2) is 0 Å². The van der Waals surface area contributed by atoms with E-state index in [4.69, 9.17) is 9.47 Å². The quantitative estimate of drug-likeness (QED) is 0.744. The van der Waals surface area contributed by atoms with Crippen LogP contribution < -0.4 is 10.1 Å². The molecule has 0 aromatic heterocycles. The van der Waals surface area contributed by atoms with Crippen LogP contribution in [0.1, 0.15) is 31.9 Å². The zero-order valence-electron chi connectivity index (χ0n) is 11.3. The molecule has 0 bridgehead atoms. The van der Waals surface area contributed by atoms with E-state index in [1.54, 1.807) is 7.11 Å². The Morgan fingerprint density at radius 3 is 2.78 bits per heavy atom. The minimum Gasteiger partial charge on any atom is -0.491 e. The van der Waals surface area contributed by atoms with Gasteiger partial charge in [-0.1, -0.05) is 28.9 Å². The minimum atomic E-state index is 0.288. The Labute approximate surface area is 118 Å². The first-order valence-electron chi connectivity index (χ1n) is 6.33. The third-order valence-corrected chi connectivity index (χ3v) is 3.18. The molecule has 1 aromatic rings. The molecule has 0 saturated carbocycles. The lowest BCUT2D eigenvalue weighted by Gasteiger charge is -2.18. The summed E-state index contributed by atoms with van der Waals surface area (Å²) in [4.78, 5) is 0. The summed E-state index contributed by atoms with van der Waals surface area (Å²) in [6.07, 6.45) is 1.13. The highest BCUT2D eigenvalue weighted by atomic mass is 79.9. The molecule has 1 aromatic carbocycles. The van der Waals surface area contributed by atoms with Crippen LogP contribution in [-0.4, -0.2) is 26.9 Å². The van der Waals surface area contributed by atoms with Crippen molar-refractivity contribution >= 4 is 15.9 Å². The number of halogens is 1. The van der Waals surface area contributed by atoms with Gasteiger partial charge in [-0.15, -0.1) is 0 Å². The zero-order chi connectivity index (χ0) is 13.4. The van der Waals surface area contributed by atoms with Gasteiger partial charge >= 0.3 is 0 Å². The van der Waals surface area contributed by atoms with E-state index < -0.39 is 0 Å². The summed E-state index contributed by atoms with van der Waals surface area (Å²) < 4.78 is 11.8. The number of hydrogen-bond acceptors (Lipinski definition) is 3. The first-order chi connectivity index (χ1) is 8.69. The number of ether oxygens (including phenoxy) is 2. The summed E-state index contributed by atoms with van der Waals surface area (Å²) in [5, 5.41) is 3.47. The van der Waals surface area contributed by atoms with Gasteiger partial charge in [-0.2, -0.15) is 0 Å². The first-order valence-corrected chi connectivity index (χ1v) is 7.13. The maximum absolute atomic E-state index is 5.76. The van der Waals surface area contributed by atoms with Gasteiger partial charge in [0.25, 0.3) is 0 Å². The molecule has 3 nitrogen and oxygen atoms in total. The number of rotatable bonds is 8. The molecule has 0 aliphatic rings. The van der Waals surface area contributed by atoms with Gasteiger partial charge in [0.2, 0.25) is 0 Å². The smallest absolute Gasteiger partial charge is 0.125 e. The van der Waals surface area contributed by atoms with Crippen molar-refractivity contribution in [3.63, 3.8) is 0 Å². The van der Waals surface area contributed by atoms with E-state index in [1.807, 2.05) is 12.1 Å². The van der Waals surface area contributed by atoms with Gasteiger partial charge in [0.1, 0.15) is 12.4 Å². The van der Waals surface area contributed by atoms with Crippen LogP contribution in [-0.2, 0) is 4.74 Å². The largest absolute Gasteiger partial charge is 0.491 e. The van der Waals surface area contributed by atoms with E-state index >= 15 is 0 Å². The van der Waals surface area contributed by atoms with Crippen molar-refractivity contribution in [1.29, 1.82) is 0 Å². The van der Waals surface area contributed by atoms with Crippen LogP contribution in [0.15, 0.2) is 22.7 Å². The fourth-order valence-electron chi connectivity index (χ4n) is 1.70. The number of nitrogens with one attached hydrogen (secondary N) is 1. The SMILES string of the molecule is CCCNC(C)c1ccc(Br)cc1OCCOC. The molecule has 1 unspecified atom stereocenters. The molecule has 0 fully saturated rings. The molecule has 0 aliphatic carbocycles. The lowest BCUT2D eigenvalue weighted by atomic mass is 10.1. The number of benzene rings is 1. The second-order valence-corrected chi connectivity index (χ2v) is 5.11. The lowest BCUT2D eigenvalue weighted by Crippen LogP contribution is -2.20. The summed E-state index contributed by atoms with van der Waals surface area (Å²) in [6, 6.07) is 6.44. The Bertz CT molecular complexity index is 358. The minimum absolute atomic E-state index is 0.288. The van der Waals surface area contributed by atoms with Gasteiger partial charge in [0, 0.05) is 23.2 Å². The summed E-state index contributed by atoms with van der Waals surface area (Å²) in [7, 11) is 1.68. The van der Waals surface area contributed by atoms with E-state index in [1.165, 1.54) is 5.56 Å². The average Bonchev–Trinajstić information content (AvgIpc) is 2.36. The normalized spacial score (nSPS) is 12.4. The predicted molar refractivity (Wildman–Crippen MR) is 78.2 cm³/mol. The van der Waals surface area contributed by atoms with E-state index in [-0.39, 0.29) is 6.04 Å². The van der Waals surface area contributed by atoms with E-state index in [9.17, 15) is 0 Å². The highest BCUT2D eigenvalue weighted by Crippen LogP contribution is 2.28. The van der Waals surface area contributed by atoms with E-state index in [0.717, 1.165) is 23.2 Å². The maximum Gasteiger partial charge on any atom is 0.125 e. The lowest BCUT2D eigenvalue weighted by molar-refractivity contribution is 0.145. The molecule has 0 saturated heterocycles. The molecule has 0 aliphatic heterocycles. The zero-order valence-corrected chi connectivity index (χ0v) is 12.9. The van der Waals surface area contributed by atoms with Crippen molar-refractivity contribution in [2.75, 3.05) is 26.9 Å². The number of methoxy groups -OCH3 is 1. The van der Waals surface area contributed by atoms with Crippen LogP contribution in [0, 0.1) is 0 Å². The fraction of sp³-hybridized carbons (Fsp3) is 0.571. The molecule has 1 N–H and O–H groups in total. The molecule has 0 amide bonds. The third kappa shape index (κ3) is 4.96. The van der Waals surface area contributed by atoms with Gasteiger partial charge in [-0.05, 0) is 32.0 Å². The van der Waals surface area contributed by atoms with Crippen molar-refractivity contribution in [2.45, 2.75) is 26.3 Å². The number of hydrogen-bond donors (Lipinski definition) is 1. The van der Waals surface area contributed by atoms with Crippen LogP contribution in [0.4, 0.5) is 0 Å². The van der Waals surface area contributed by atoms with Gasteiger partial charge < -0.3 is 14.8 Å². The molecule has 1 atom stereocenters. The highest BCUT2D eigenvalue weighted by molar-refractivity contribution is 9.10. The second kappa shape index (κ2) is 8.51.